The number of rotatable bonds is 2. The summed E-state index contributed by atoms with van der Waals surface area (Å²) in [7, 11) is 0. The van der Waals surface area contributed by atoms with Crippen molar-refractivity contribution in [3.05, 3.63) is 70.3 Å². The van der Waals surface area contributed by atoms with Gasteiger partial charge in [0.05, 0.1) is 28.3 Å². The topological polar surface area (TPSA) is 124 Å². The zero-order chi connectivity index (χ0) is 24.1. The second kappa shape index (κ2) is 9.86. The zero-order valence-electron chi connectivity index (χ0n) is 18.1. The molecule has 1 saturated carbocycles. The maximum Gasteiger partial charge on any atom is 0.255 e. The molecule has 0 aromatic heterocycles. The van der Waals surface area contributed by atoms with Crippen LogP contribution in [0.15, 0.2) is 48.6 Å². The maximum absolute atomic E-state index is 13.2. The number of hydrogen-bond acceptors (Lipinski definition) is 6. The van der Waals surface area contributed by atoms with Gasteiger partial charge >= 0.3 is 0 Å². The summed E-state index contributed by atoms with van der Waals surface area (Å²) in [4.78, 5) is 26.3. The Hall–Kier alpha value is -4.01. The Morgan fingerprint density at radius 3 is 2.44 bits per heavy atom. The van der Waals surface area contributed by atoms with Crippen molar-refractivity contribution in [2.24, 2.45) is 0 Å². The van der Waals surface area contributed by atoms with E-state index < -0.39 is 23.4 Å². The molecular weight excluding hydrogens is 456 g/mol. The Morgan fingerprint density at radius 2 is 1.79 bits per heavy atom. The van der Waals surface area contributed by atoms with E-state index in [1.165, 1.54) is 6.07 Å². The Labute approximate surface area is 201 Å². The van der Waals surface area contributed by atoms with Crippen LogP contribution in [0.1, 0.15) is 34.3 Å². The number of nitrogens with one attached hydrogen (secondary N) is 2. The lowest BCUT2D eigenvalue weighted by molar-refractivity contribution is -0.123. The summed E-state index contributed by atoms with van der Waals surface area (Å²) >= 11 is 6.35. The first-order chi connectivity index (χ1) is 16.4. The molecule has 8 nitrogen and oxygen atoms in total. The quantitative estimate of drug-likeness (QED) is 0.642. The highest BCUT2D eigenvalue weighted by molar-refractivity contribution is 6.32. The molecule has 3 aliphatic rings. The lowest BCUT2D eigenvalue weighted by atomic mass is 10.0. The van der Waals surface area contributed by atoms with Gasteiger partial charge in [-0.15, -0.1) is 0 Å². The van der Waals surface area contributed by atoms with E-state index in [1.807, 2.05) is 6.07 Å². The van der Waals surface area contributed by atoms with Gasteiger partial charge in [0.25, 0.3) is 5.91 Å². The van der Waals surface area contributed by atoms with Crippen LogP contribution in [0.3, 0.4) is 0 Å². The number of ether oxygens (including phenoxy) is 2. The van der Waals surface area contributed by atoms with E-state index in [2.05, 4.69) is 16.7 Å². The van der Waals surface area contributed by atoms with E-state index in [0.29, 0.717) is 29.2 Å². The molecule has 2 heterocycles. The molecule has 2 N–H and O–H groups in total. The molecule has 172 valence electrons. The standard InChI is InChI=1S/C25H21ClN4O4/c26-19-12-16-3-6-22(19)34-10-2-1-9-33-21-5-4-17(14-27)11-18(21)23(31)29-20(13-16)24(32)30-25(15-28)7-8-25/h1-6,11-12,20H,7-10,13H2,(H,29,31)(H,30,32)/b2-1+/t20-/m0/s1. The summed E-state index contributed by atoms with van der Waals surface area (Å²) < 4.78 is 11.4. The van der Waals surface area contributed by atoms with Crippen molar-refractivity contribution in [2.75, 3.05) is 13.2 Å². The Morgan fingerprint density at radius 1 is 1.09 bits per heavy atom. The molecule has 2 bridgehead atoms. The van der Waals surface area contributed by atoms with Gasteiger partial charge in [0.1, 0.15) is 36.3 Å². The number of benzene rings is 2. The van der Waals surface area contributed by atoms with Gasteiger partial charge in [-0.2, -0.15) is 10.5 Å². The van der Waals surface area contributed by atoms with Crippen molar-refractivity contribution in [3.8, 4) is 23.6 Å². The first kappa shape index (κ1) is 23.2. The van der Waals surface area contributed by atoms with Gasteiger partial charge in [0.15, 0.2) is 0 Å². The van der Waals surface area contributed by atoms with E-state index >= 15 is 0 Å². The van der Waals surface area contributed by atoms with Gasteiger partial charge in [-0.25, -0.2) is 0 Å². The number of amides is 2. The van der Waals surface area contributed by atoms with Crippen LogP contribution in [0.25, 0.3) is 0 Å². The van der Waals surface area contributed by atoms with E-state index in [4.69, 9.17) is 21.1 Å². The Balaban J connectivity index is 1.69. The molecule has 2 aromatic carbocycles. The molecule has 1 atom stereocenters. The highest BCUT2D eigenvalue weighted by Crippen LogP contribution is 2.34. The third kappa shape index (κ3) is 5.31. The van der Waals surface area contributed by atoms with Gasteiger partial charge < -0.3 is 20.1 Å². The fourth-order valence-corrected chi connectivity index (χ4v) is 3.75. The monoisotopic (exact) mass is 476 g/mol. The summed E-state index contributed by atoms with van der Waals surface area (Å²) in [6.07, 6.45) is 4.75. The van der Waals surface area contributed by atoms with Crippen LogP contribution in [-0.2, 0) is 11.2 Å². The summed E-state index contributed by atoms with van der Waals surface area (Å²) in [6, 6.07) is 12.8. The molecule has 0 saturated heterocycles. The van der Waals surface area contributed by atoms with Crippen LogP contribution in [0.4, 0.5) is 0 Å². The zero-order valence-corrected chi connectivity index (χ0v) is 18.9. The number of halogens is 1. The van der Waals surface area contributed by atoms with Crippen molar-refractivity contribution >= 4 is 23.4 Å². The van der Waals surface area contributed by atoms with Crippen LogP contribution in [0, 0.1) is 22.7 Å². The number of nitriles is 2. The fourth-order valence-electron chi connectivity index (χ4n) is 3.50. The van der Waals surface area contributed by atoms with Crippen molar-refractivity contribution in [3.63, 3.8) is 0 Å². The van der Waals surface area contributed by atoms with Gasteiger partial charge in [-0.1, -0.05) is 17.7 Å². The van der Waals surface area contributed by atoms with Crippen molar-refractivity contribution in [1.29, 1.82) is 10.5 Å². The molecular formula is C25H21ClN4O4. The first-order valence-electron chi connectivity index (χ1n) is 10.7. The van der Waals surface area contributed by atoms with Crippen LogP contribution >= 0.6 is 11.6 Å². The highest BCUT2D eigenvalue weighted by Gasteiger charge is 2.45. The average molecular weight is 477 g/mol. The van der Waals surface area contributed by atoms with Gasteiger partial charge in [-0.05, 0) is 60.9 Å². The molecule has 34 heavy (non-hydrogen) atoms. The minimum Gasteiger partial charge on any atom is -0.489 e. The summed E-state index contributed by atoms with van der Waals surface area (Å²) in [5.41, 5.74) is 0.210. The summed E-state index contributed by atoms with van der Waals surface area (Å²) in [6.45, 7) is 0.432. The molecule has 0 radical (unpaired) electrons. The number of carbonyl (C=O) groups is 2. The van der Waals surface area contributed by atoms with E-state index in [0.717, 1.165) is 0 Å². The largest absolute Gasteiger partial charge is 0.489 e. The Bertz CT molecular complexity index is 1240. The van der Waals surface area contributed by atoms with Gasteiger partial charge in [0, 0.05) is 6.42 Å². The average Bonchev–Trinajstić information content (AvgIpc) is 3.61. The second-order valence-corrected chi connectivity index (χ2v) is 8.50. The van der Waals surface area contributed by atoms with Crippen LogP contribution in [-0.4, -0.2) is 36.6 Å². The molecule has 2 amide bonds. The predicted molar refractivity (Wildman–Crippen MR) is 123 cm³/mol. The molecule has 2 aromatic rings. The molecule has 0 unspecified atom stereocenters. The molecule has 0 spiro atoms. The number of hydrogen-bond donors (Lipinski definition) is 2. The first-order valence-corrected chi connectivity index (χ1v) is 11.1. The van der Waals surface area contributed by atoms with Crippen molar-refractivity contribution in [2.45, 2.75) is 30.8 Å². The lowest BCUT2D eigenvalue weighted by Gasteiger charge is -2.21. The lowest BCUT2D eigenvalue weighted by Crippen LogP contribution is -2.51. The maximum atomic E-state index is 13.2. The third-order valence-corrected chi connectivity index (χ3v) is 5.87. The normalized spacial score (nSPS) is 19.7. The third-order valence-electron chi connectivity index (χ3n) is 5.57. The van der Waals surface area contributed by atoms with Gasteiger partial charge in [0.2, 0.25) is 5.91 Å². The Kier molecular flexibility index (Phi) is 6.72. The SMILES string of the molecule is N#Cc1ccc2c(c1)C(=O)N[C@H](C(=O)NC1(C#N)CC1)Cc1ccc(c(Cl)c1)OC/C=C/CO2. The molecule has 9 heteroatoms. The molecule has 5 rings (SSSR count). The van der Waals surface area contributed by atoms with E-state index in [1.54, 1.807) is 42.5 Å². The van der Waals surface area contributed by atoms with E-state index in [9.17, 15) is 20.1 Å². The van der Waals surface area contributed by atoms with Crippen LogP contribution in [0.2, 0.25) is 5.02 Å². The predicted octanol–water partition coefficient (Wildman–Crippen LogP) is 3.05. The minimum absolute atomic E-state index is 0.128. The highest BCUT2D eigenvalue weighted by atomic mass is 35.5. The second-order valence-electron chi connectivity index (χ2n) is 8.09. The molecule has 1 aliphatic carbocycles. The van der Waals surface area contributed by atoms with Crippen molar-refractivity contribution in [1.82, 2.24) is 10.6 Å². The smallest absolute Gasteiger partial charge is 0.255 e. The van der Waals surface area contributed by atoms with E-state index in [-0.39, 0.29) is 36.5 Å². The fraction of sp³-hybridized carbons (Fsp3) is 0.280. The molecule has 1 fully saturated rings. The number of nitrogens with zero attached hydrogens (tertiary/aromatic N) is 2. The number of fused-ring (bicyclic) bond motifs is 9. The van der Waals surface area contributed by atoms with Crippen LogP contribution < -0.4 is 20.1 Å². The van der Waals surface area contributed by atoms with Crippen LogP contribution in [0.5, 0.6) is 11.5 Å². The van der Waals surface area contributed by atoms with Gasteiger partial charge in [-0.3, -0.25) is 9.59 Å². The number of carbonyl (C=O) groups excluding carboxylic acids is 2. The summed E-state index contributed by atoms with van der Waals surface area (Å²) in [5.74, 6) is -0.290. The summed E-state index contributed by atoms with van der Waals surface area (Å²) in [5, 5.41) is 24.5. The minimum atomic E-state index is -0.993. The van der Waals surface area contributed by atoms with Crippen molar-refractivity contribution < 1.29 is 19.1 Å². The molecule has 2 aliphatic heterocycles.